The Morgan fingerprint density at radius 3 is 2.54 bits per heavy atom. The Hall–Kier alpha value is -3.03. The van der Waals surface area contributed by atoms with Gasteiger partial charge in [-0.3, -0.25) is 15.2 Å². The van der Waals surface area contributed by atoms with Crippen molar-refractivity contribution in [3.05, 3.63) is 53.6 Å². The van der Waals surface area contributed by atoms with Gasteiger partial charge in [-0.2, -0.15) is 0 Å². The number of nitrogens with zero attached hydrogens (tertiary/aromatic N) is 1. The molecule has 0 amide bonds. The number of carbonyl (C=O) groups excluding carboxylic acids is 1. The van der Waals surface area contributed by atoms with Crippen LogP contribution in [0.5, 0.6) is 17.2 Å². The van der Waals surface area contributed by atoms with Crippen LogP contribution in [0.25, 0.3) is 6.08 Å². The summed E-state index contributed by atoms with van der Waals surface area (Å²) >= 11 is 0. The van der Waals surface area contributed by atoms with Crippen LogP contribution in [-0.4, -0.2) is 30.4 Å². The number of hydrogen-bond donors (Lipinski definition) is 2. The van der Waals surface area contributed by atoms with Crippen molar-refractivity contribution in [2.45, 2.75) is 0 Å². The molecule has 0 atom stereocenters. The third kappa shape index (κ3) is 3.83. The fourth-order valence-electron chi connectivity index (χ4n) is 2.10. The normalized spacial score (nSPS) is 10.7. The van der Waals surface area contributed by atoms with E-state index < -0.39 is 11.5 Å². The van der Waals surface area contributed by atoms with E-state index in [0.717, 1.165) is 0 Å². The van der Waals surface area contributed by atoms with E-state index in [0.29, 0.717) is 11.3 Å². The summed E-state index contributed by atoms with van der Waals surface area (Å²) in [7, 11) is 2.77. The average molecular weight is 330 g/mol. The highest BCUT2D eigenvalue weighted by atomic mass is 16.8. The number of carbonyl (C=O) groups is 1. The summed E-state index contributed by atoms with van der Waals surface area (Å²) in [5.41, 5.74) is 0.585. The Balaban J connectivity index is 2.31. The van der Waals surface area contributed by atoms with Crippen LogP contribution in [0.15, 0.2) is 42.5 Å². The molecule has 0 aliphatic rings. The van der Waals surface area contributed by atoms with Gasteiger partial charge in [0.1, 0.15) is 11.5 Å². The first-order valence-corrected chi connectivity index (χ1v) is 6.89. The molecule has 126 valence electrons. The van der Waals surface area contributed by atoms with E-state index in [2.05, 4.69) is 0 Å². The van der Waals surface area contributed by atoms with Gasteiger partial charge in [0, 0.05) is 6.07 Å². The zero-order valence-corrected chi connectivity index (χ0v) is 13.1. The van der Waals surface area contributed by atoms with E-state index in [1.807, 2.05) is 0 Å². The van der Waals surface area contributed by atoms with Crippen molar-refractivity contribution < 1.29 is 29.8 Å². The average Bonchev–Trinajstić information content (AvgIpc) is 2.58. The van der Waals surface area contributed by atoms with E-state index in [4.69, 9.17) is 19.9 Å². The Morgan fingerprint density at radius 1 is 1.17 bits per heavy atom. The second kappa shape index (κ2) is 7.49. The van der Waals surface area contributed by atoms with Gasteiger partial charge in [-0.25, -0.2) is 0 Å². The topological polar surface area (TPSA) is 102 Å². The maximum Gasteiger partial charge on any atom is 0.188 e. The van der Waals surface area contributed by atoms with E-state index in [1.165, 1.54) is 50.6 Å². The molecule has 0 aromatic heterocycles. The summed E-state index contributed by atoms with van der Waals surface area (Å²) in [6.07, 6.45) is 2.67. The number of rotatable bonds is 6. The van der Waals surface area contributed by atoms with Crippen molar-refractivity contribution in [2.24, 2.45) is 0 Å². The van der Waals surface area contributed by atoms with E-state index >= 15 is 0 Å². The molecule has 0 spiro atoms. The second-order valence-electron chi connectivity index (χ2n) is 4.78. The van der Waals surface area contributed by atoms with Crippen LogP contribution in [0.4, 0.5) is 5.69 Å². The van der Waals surface area contributed by atoms with Gasteiger partial charge in [0.25, 0.3) is 0 Å². The van der Waals surface area contributed by atoms with Crippen molar-refractivity contribution in [2.75, 3.05) is 19.4 Å². The summed E-state index contributed by atoms with van der Waals surface area (Å²) in [5, 5.41) is 30.0. The highest BCUT2D eigenvalue weighted by Gasteiger charge is 2.12. The number of benzene rings is 2. The van der Waals surface area contributed by atoms with E-state index in [9.17, 15) is 9.90 Å². The molecular formula is C17H16NO6-. The summed E-state index contributed by atoms with van der Waals surface area (Å²) in [5.74, 6) is -0.614. The molecule has 0 radical (unpaired) electrons. The lowest BCUT2D eigenvalue weighted by atomic mass is 10.1. The highest BCUT2D eigenvalue weighted by molar-refractivity contribution is 6.10. The number of hydrogen-bond acceptors (Lipinski definition) is 7. The zero-order chi connectivity index (χ0) is 17.7. The smallest absolute Gasteiger partial charge is 0.188 e. The van der Waals surface area contributed by atoms with Crippen LogP contribution in [0.1, 0.15) is 15.9 Å². The van der Waals surface area contributed by atoms with Crippen LogP contribution in [0.2, 0.25) is 0 Å². The number of allylic oxidation sites excluding steroid dienone is 1. The fraction of sp³-hybridized carbons (Fsp3) is 0.118. The van der Waals surface area contributed by atoms with Gasteiger partial charge < -0.3 is 14.6 Å². The predicted molar refractivity (Wildman–Crippen MR) is 84.9 cm³/mol. The highest BCUT2D eigenvalue weighted by Crippen LogP contribution is 2.32. The minimum Gasteiger partial charge on any atom is -0.872 e. The lowest BCUT2D eigenvalue weighted by Gasteiger charge is -2.16. The third-order valence-electron chi connectivity index (χ3n) is 3.27. The van der Waals surface area contributed by atoms with Crippen molar-refractivity contribution in [1.82, 2.24) is 0 Å². The molecule has 0 aliphatic carbocycles. The minimum atomic E-state index is -0.533. The first kappa shape index (κ1) is 17.3. The van der Waals surface area contributed by atoms with E-state index in [1.54, 1.807) is 12.1 Å². The summed E-state index contributed by atoms with van der Waals surface area (Å²) < 4.78 is 10.1. The Kier molecular flexibility index (Phi) is 5.41. The first-order chi connectivity index (χ1) is 11.5. The quantitative estimate of drug-likeness (QED) is 0.476. The molecule has 0 saturated heterocycles. The molecular weight excluding hydrogens is 314 g/mol. The predicted octanol–water partition coefficient (Wildman–Crippen LogP) is 2.26. The molecule has 0 aliphatic heterocycles. The summed E-state index contributed by atoms with van der Waals surface area (Å²) in [4.78, 5) is 12.3. The van der Waals surface area contributed by atoms with Gasteiger partial charge >= 0.3 is 0 Å². The first-order valence-electron chi connectivity index (χ1n) is 6.89. The minimum absolute atomic E-state index is 0.0264. The summed E-state index contributed by atoms with van der Waals surface area (Å²) in [6.45, 7) is 0. The number of anilines is 1. The molecule has 0 heterocycles. The maximum absolute atomic E-state index is 12.3. The van der Waals surface area contributed by atoms with Crippen molar-refractivity contribution in [3.63, 3.8) is 0 Å². The molecule has 7 nitrogen and oxygen atoms in total. The number of methoxy groups -OCH3 is 2. The van der Waals surface area contributed by atoms with Crippen LogP contribution >= 0.6 is 0 Å². The monoisotopic (exact) mass is 330 g/mol. The molecule has 0 unspecified atom stereocenters. The molecule has 2 rings (SSSR count). The van der Waals surface area contributed by atoms with Gasteiger partial charge in [0.15, 0.2) is 5.78 Å². The van der Waals surface area contributed by atoms with Crippen LogP contribution < -0.4 is 19.8 Å². The van der Waals surface area contributed by atoms with Gasteiger partial charge in [0.2, 0.25) is 0 Å². The maximum atomic E-state index is 12.3. The van der Waals surface area contributed by atoms with Crippen LogP contribution in [-0.2, 0) is 0 Å². The van der Waals surface area contributed by atoms with E-state index in [-0.39, 0.29) is 22.2 Å². The zero-order valence-electron chi connectivity index (χ0n) is 13.1. The van der Waals surface area contributed by atoms with Crippen molar-refractivity contribution in [3.8, 4) is 17.2 Å². The second-order valence-corrected chi connectivity index (χ2v) is 4.78. The molecule has 2 N–H and O–H groups in total. The third-order valence-corrected chi connectivity index (χ3v) is 3.27. The largest absolute Gasteiger partial charge is 0.872 e. The standard InChI is InChI=1S/C17H17NO6/c1-23-13-9-15(20)17(16(10-13)24-2)14(19)7-6-11-4-3-5-12(8-11)18(21)22/h3-10,20-22H,1-2H3/p-1. The van der Waals surface area contributed by atoms with Gasteiger partial charge in [-0.1, -0.05) is 24.0 Å². The Bertz CT molecular complexity index is 770. The SMILES string of the molecule is COc1cc([O-])c(C(=O)C=Cc2cccc(N(O)O)c2)c(OC)c1. The Labute approximate surface area is 138 Å². The number of ether oxygens (including phenoxy) is 2. The Morgan fingerprint density at radius 2 is 1.92 bits per heavy atom. The van der Waals surface area contributed by atoms with Gasteiger partial charge in [-0.05, 0) is 29.8 Å². The number of ketones is 1. The van der Waals surface area contributed by atoms with Gasteiger partial charge in [-0.15, -0.1) is 5.23 Å². The summed E-state index contributed by atoms with van der Waals surface area (Å²) in [6, 6.07) is 8.85. The van der Waals surface area contributed by atoms with Crippen molar-refractivity contribution >= 4 is 17.5 Å². The van der Waals surface area contributed by atoms with Crippen molar-refractivity contribution in [1.29, 1.82) is 0 Å². The molecule has 0 bridgehead atoms. The molecule has 2 aromatic rings. The molecule has 7 heteroatoms. The molecule has 24 heavy (non-hydrogen) atoms. The lowest BCUT2D eigenvalue weighted by Crippen LogP contribution is -2.10. The molecule has 2 aromatic carbocycles. The lowest BCUT2D eigenvalue weighted by molar-refractivity contribution is -0.268. The van der Waals surface area contributed by atoms with Gasteiger partial charge in [0.05, 0.1) is 25.5 Å². The van der Waals surface area contributed by atoms with Crippen LogP contribution in [0.3, 0.4) is 0 Å². The molecule has 0 saturated carbocycles. The van der Waals surface area contributed by atoms with Crippen LogP contribution in [0, 0.1) is 0 Å². The molecule has 0 fully saturated rings. The fourth-order valence-corrected chi connectivity index (χ4v) is 2.10.